The molecular weight excluding hydrogens is 416 g/mol. The van der Waals surface area contributed by atoms with E-state index in [1.807, 2.05) is 0 Å². The lowest BCUT2D eigenvalue weighted by Gasteiger charge is -2.15. The van der Waals surface area contributed by atoms with E-state index in [-0.39, 0.29) is 35.2 Å². The van der Waals surface area contributed by atoms with E-state index >= 15 is 0 Å². The fourth-order valence-corrected chi connectivity index (χ4v) is 3.14. The highest BCUT2D eigenvalue weighted by atomic mass is 35.5. The molecule has 0 bridgehead atoms. The summed E-state index contributed by atoms with van der Waals surface area (Å²) in [6.45, 7) is -0.715. The van der Waals surface area contributed by atoms with E-state index in [1.54, 1.807) is 24.3 Å². The van der Waals surface area contributed by atoms with Crippen molar-refractivity contribution in [1.29, 1.82) is 0 Å². The Morgan fingerprint density at radius 2 is 1.73 bits per heavy atom. The van der Waals surface area contributed by atoms with Crippen LogP contribution in [0.5, 0.6) is 11.5 Å². The molecule has 30 heavy (non-hydrogen) atoms. The minimum absolute atomic E-state index is 0.0166. The van der Waals surface area contributed by atoms with E-state index in [2.05, 4.69) is 0 Å². The standard InChI is InChI=1S/C20H17ClN2O7/c1-28-15-9-11(8-14(21)17(15)30-10-16(22)24)20(27)29-7-6-23-18(25)12-4-2-3-5-13(12)19(23)26/h2-5,8-9H,6-7,10H2,1H3,(H2,22,24). The third-order valence-electron chi connectivity index (χ3n) is 4.25. The van der Waals surface area contributed by atoms with Gasteiger partial charge in [0, 0.05) is 0 Å². The molecule has 3 amide bonds. The highest BCUT2D eigenvalue weighted by Crippen LogP contribution is 2.36. The molecule has 0 aromatic heterocycles. The SMILES string of the molecule is COc1cc(C(=O)OCCN2C(=O)c3ccccc3C2=O)cc(Cl)c1OCC(N)=O. The number of hydrogen-bond donors (Lipinski definition) is 1. The average Bonchev–Trinajstić information content (AvgIpc) is 2.97. The quantitative estimate of drug-likeness (QED) is 0.496. The average molecular weight is 433 g/mol. The number of carbonyl (C=O) groups excluding carboxylic acids is 4. The number of methoxy groups -OCH3 is 1. The van der Waals surface area contributed by atoms with Crippen molar-refractivity contribution in [1.82, 2.24) is 4.90 Å². The summed E-state index contributed by atoms with van der Waals surface area (Å²) in [6.07, 6.45) is 0. The second-order valence-electron chi connectivity index (χ2n) is 6.19. The summed E-state index contributed by atoms with van der Waals surface area (Å²) in [5.41, 5.74) is 5.73. The van der Waals surface area contributed by atoms with Crippen molar-refractivity contribution in [3.05, 3.63) is 58.1 Å². The van der Waals surface area contributed by atoms with Gasteiger partial charge >= 0.3 is 5.97 Å². The van der Waals surface area contributed by atoms with E-state index in [0.717, 1.165) is 4.90 Å². The molecule has 2 aromatic carbocycles. The molecule has 0 fully saturated rings. The molecule has 0 saturated heterocycles. The van der Waals surface area contributed by atoms with Gasteiger partial charge in [0.2, 0.25) is 0 Å². The molecule has 0 spiro atoms. The first kappa shape index (κ1) is 21.1. The number of halogens is 1. The number of amides is 3. The summed E-state index contributed by atoms with van der Waals surface area (Å²) >= 11 is 6.11. The van der Waals surface area contributed by atoms with Gasteiger partial charge in [-0.25, -0.2) is 4.79 Å². The van der Waals surface area contributed by atoms with Gasteiger partial charge < -0.3 is 19.9 Å². The molecule has 1 aliphatic heterocycles. The molecule has 0 radical (unpaired) electrons. The Morgan fingerprint density at radius 1 is 1.10 bits per heavy atom. The van der Waals surface area contributed by atoms with Gasteiger partial charge in [0.15, 0.2) is 18.1 Å². The van der Waals surface area contributed by atoms with Crippen molar-refractivity contribution < 1.29 is 33.4 Å². The van der Waals surface area contributed by atoms with Crippen molar-refractivity contribution in [3.8, 4) is 11.5 Å². The number of nitrogens with zero attached hydrogens (tertiary/aromatic N) is 1. The summed E-state index contributed by atoms with van der Waals surface area (Å²) in [5, 5.41) is 0.0166. The Balaban J connectivity index is 1.64. The second-order valence-corrected chi connectivity index (χ2v) is 6.60. The number of hydrogen-bond acceptors (Lipinski definition) is 7. The van der Waals surface area contributed by atoms with Gasteiger partial charge in [-0.05, 0) is 24.3 Å². The Kier molecular flexibility index (Phi) is 6.22. The summed E-state index contributed by atoms with van der Waals surface area (Å²) in [4.78, 5) is 48.9. The number of ether oxygens (including phenoxy) is 3. The van der Waals surface area contributed by atoms with Crippen LogP contribution >= 0.6 is 11.6 Å². The van der Waals surface area contributed by atoms with Crippen molar-refractivity contribution in [2.75, 3.05) is 26.9 Å². The smallest absolute Gasteiger partial charge is 0.338 e. The first-order valence-corrected chi connectivity index (χ1v) is 9.12. The summed E-state index contributed by atoms with van der Waals surface area (Å²) < 4.78 is 15.5. The fourth-order valence-electron chi connectivity index (χ4n) is 2.88. The van der Waals surface area contributed by atoms with Crippen LogP contribution < -0.4 is 15.2 Å². The van der Waals surface area contributed by atoms with Gasteiger partial charge in [0.1, 0.15) is 6.61 Å². The third kappa shape index (κ3) is 4.20. The second kappa shape index (κ2) is 8.83. The van der Waals surface area contributed by atoms with Crippen LogP contribution in [-0.4, -0.2) is 55.5 Å². The van der Waals surface area contributed by atoms with Gasteiger partial charge in [-0.2, -0.15) is 0 Å². The number of carbonyl (C=O) groups is 4. The van der Waals surface area contributed by atoms with Crippen molar-refractivity contribution in [2.45, 2.75) is 0 Å². The lowest BCUT2D eigenvalue weighted by molar-refractivity contribution is -0.119. The van der Waals surface area contributed by atoms with Gasteiger partial charge in [-0.15, -0.1) is 0 Å². The van der Waals surface area contributed by atoms with Crippen LogP contribution in [0.15, 0.2) is 36.4 Å². The van der Waals surface area contributed by atoms with Crippen LogP contribution in [0.3, 0.4) is 0 Å². The zero-order valence-corrected chi connectivity index (χ0v) is 16.6. The number of benzene rings is 2. The lowest BCUT2D eigenvalue weighted by Crippen LogP contribution is -2.33. The monoisotopic (exact) mass is 432 g/mol. The van der Waals surface area contributed by atoms with Crippen molar-refractivity contribution in [3.63, 3.8) is 0 Å². The maximum Gasteiger partial charge on any atom is 0.338 e. The van der Waals surface area contributed by atoms with Crippen LogP contribution in [0.25, 0.3) is 0 Å². The molecule has 156 valence electrons. The highest BCUT2D eigenvalue weighted by Gasteiger charge is 2.34. The predicted molar refractivity (Wildman–Crippen MR) is 105 cm³/mol. The molecular formula is C20H17ClN2O7. The number of nitrogens with two attached hydrogens (primary N) is 1. The summed E-state index contributed by atoms with van der Waals surface area (Å²) in [6, 6.07) is 9.08. The molecule has 3 rings (SSSR count). The van der Waals surface area contributed by atoms with Gasteiger partial charge in [-0.3, -0.25) is 19.3 Å². The summed E-state index contributed by atoms with van der Waals surface area (Å²) in [5.74, 6) is -2.16. The number of rotatable bonds is 8. The maximum atomic E-state index is 12.4. The largest absolute Gasteiger partial charge is 0.493 e. The van der Waals surface area contributed by atoms with Gasteiger partial charge in [0.05, 0.1) is 35.4 Å². The fraction of sp³-hybridized carbons (Fsp3) is 0.200. The first-order chi connectivity index (χ1) is 14.3. The van der Waals surface area contributed by atoms with Crippen LogP contribution in [-0.2, 0) is 9.53 Å². The molecule has 2 aromatic rings. The minimum Gasteiger partial charge on any atom is -0.493 e. The molecule has 10 heteroatoms. The molecule has 0 unspecified atom stereocenters. The Bertz CT molecular complexity index is 1000. The lowest BCUT2D eigenvalue weighted by atomic mass is 10.1. The minimum atomic E-state index is -0.742. The van der Waals surface area contributed by atoms with Crippen LogP contribution in [0.4, 0.5) is 0 Å². The number of fused-ring (bicyclic) bond motifs is 1. The normalized spacial score (nSPS) is 12.5. The number of imide groups is 1. The Labute approximate surface area is 176 Å². The van der Waals surface area contributed by atoms with E-state index < -0.39 is 30.3 Å². The number of primary amides is 1. The molecule has 2 N–H and O–H groups in total. The van der Waals surface area contributed by atoms with Crippen LogP contribution in [0.1, 0.15) is 31.1 Å². The molecule has 1 heterocycles. The van der Waals surface area contributed by atoms with E-state index in [4.69, 9.17) is 31.5 Å². The molecule has 0 atom stereocenters. The van der Waals surface area contributed by atoms with Crippen molar-refractivity contribution >= 4 is 35.3 Å². The maximum absolute atomic E-state index is 12.4. The van der Waals surface area contributed by atoms with Gasteiger partial charge in [0.25, 0.3) is 17.7 Å². The van der Waals surface area contributed by atoms with E-state index in [9.17, 15) is 19.2 Å². The van der Waals surface area contributed by atoms with Crippen LogP contribution in [0.2, 0.25) is 5.02 Å². The topological polar surface area (TPSA) is 125 Å². The molecule has 0 aliphatic carbocycles. The van der Waals surface area contributed by atoms with E-state index in [1.165, 1.54) is 19.2 Å². The van der Waals surface area contributed by atoms with Crippen molar-refractivity contribution in [2.24, 2.45) is 5.73 Å². The van der Waals surface area contributed by atoms with Crippen LogP contribution in [0, 0.1) is 0 Å². The van der Waals surface area contributed by atoms with Gasteiger partial charge in [-0.1, -0.05) is 23.7 Å². The first-order valence-electron chi connectivity index (χ1n) is 8.74. The summed E-state index contributed by atoms with van der Waals surface area (Å²) in [7, 11) is 1.33. The predicted octanol–water partition coefficient (Wildman–Crippen LogP) is 1.67. The zero-order chi connectivity index (χ0) is 21.8. The zero-order valence-electron chi connectivity index (χ0n) is 15.8. The van der Waals surface area contributed by atoms with E-state index in [0.29, 0.717) is 11.1 Å². The molecule has 0 saturated carbocycles. The third-order valence-corrected chi connectivity index (χ3v) is 4.53. The highest BCUT2D eigenvalue weighted by molar-refractivity contribution is 6.32. The molecule has 9 nitrogen and oxygen atoms in total. The number of esters is 1. The Morgan fingerprint density at radius 3 is 2.30 bits per heavy atom. The Hall–Kier alpha value is -3.59. The molecule has 1 aliphatic rings.